The summed E-state index contributed by atoms with van der Waals surface area (Å²) in [6.45, 7) is -0.417. The van der Waals surface area contributed by atoms with E-state index >= 15 is 0 Å². The number of alkyl halides is 3. The minimum atomic E-state index is -4.44. The molecule has 3 aromatic heterocycles. The molecular weight excluding hydrogens is 283 g/mol. The lowest BCUT2D eigenvalue weighted by Crippen LogP contribution is -2.07. The van der Waals surface area contributed by atoms with Crippen LogP contribution in [0, 0.1) is 0 Å². The number of nitrogens with zero attached hydrogens (tertiary/aromatic N) is 3. The van der Waals surface area contributed by atoms with Crippen molar-refractivity contribution in [2.24, 2.45) is 0 Å². The van der Waals surface area contributed by atoms with Crippen molar-refractivity contribution in [3.63, 3.8) is 0 Å². The molecule has 0 fully saturated rings. The number of aliphatic hydroxyl groups is 1. The highest BCUT2D eigenvalue weighted by Crippen LogP contribution is 2.31. The van der Waals surface area contributed by atoms with Crippen LogP contribution >= 0.6 is 0 Å². The van der Waals surface area contributed by atoms with Gasteiger partial charge in [-0.3, -0.25) is 4.98 Å². The SMILES string of the molecule is OCc1c(-c2ccncc2)nc2ccc(C(F)(F)F)cn12. The van der Waals surface area contributed by atoms with Gasteiger partial charge in [0, 0.05) is 24.2 Å². The summed E-state index contributed by atoms with van der Waals surface area (Å²) < 4.78 is 39.6. The molecule has 3 aromatic rings. The first-order chi connectivity index (χ1) is 10.0. The number of hydrogen-bond donors (Lipinski definition) is 1. The van der Waals surface area contributed by atoms with Crippen LogP contribution in [-0.2, 0) is 12.8 Å². The predicted molar refractivity (Wildman–Crippen MR) is 69.3 cm³/mol. The van der Waals surface area contributed by atoms with E-state index in [2.05, 4.69) is 9.97 Å². The van der Waals surface area contributed by atoms with Gasteiger partial charge >= 0.3 is 6.18 Å². The Labute approximate surface area is 117 Å². The predicted octanol–water partition coefficient (Wildman–Crippen LogP) is 2.91. The van der Waals surface area contributed by atoms with E-state index in [1.165, 1.54) is 10.5 Å². The van der Waals surface area contributed by atoms with Crippen LogP contribution in [0.1, 0.15) is 11.3 Å². The van der Waals surface area contributed by atoms with Crippen molar-refractivity contribution in [3.8, 4) is 11.3 Å². The van der Waals surface area contributed by atoms with Gasteiger partial charge in [0.2, 0.25) is 0 Å². The third-order valence-corrected chi connectivity index (χ3v) is 3.15. The third-order valence-electron chi connectivity index (χ3n) is 3.15. The Morgan fingerprint density at radius 3 is 2.43 bits per heavy atom. The smallest absolute Gasteiger partial charge is 0.390 e. The number of imidazole rings is 1. The average Bonchev–Trinajstić information content (AvgIpc) is 2.84. The maximum Gasteiger partial charge on any atom is 0.417 e. The summed E-state index contributed by atoms with van der Waals surface area (Å²) in [5.41, 5.74) is 0.995. The van der Waals surface area contributed by atoms with Crippen LogP contribution in [0.2, 0.25) is 0 Å². The van der Waals surface area contributed by atoms with E-state index in [-0.39, 0.29) is 0 Å². The van der Waals surface area contributed by atoms with Gasteiger partial charge in [-0.1, -0.05) is 0 Å². The number of pyridine rings is 2. The Kier molecular flexibility index (Phi) is 3.13. The molecule has 3 rings (SSSR count). The summed E-state index contributed by atoms with van der Waals surface area (Å²) in [5.74, 6) is 0. The molecule has 3 heterocycles. The number of fused-ring (bicyclic) bond motifs is 1. The van der Waals surface area contributed by atoms with Crippen molar-refractivity contribution >= 4 is 5.65 Å². The zero-order chi connectivity index (χ0) is 15.0. The van der Waals surface area contributed by atoms with Gasteiger partial charge in [0.15, 0.2) is 0 Å². The standard InChI is InChI=1S/C14H10F3N3O/c15-14(16,17)10-1-2-12-19-13(9-3-5-18-6-4-9)11(8-21)20(12)7-10/h1-7,21H,8H2. The Morgan fingerprint density at radius 2 is 1.81 bits per heavy atom. The normalized spacial score (nSPS) is 12.0. The first-order valence-corrected chi connectivity index (χ1v) is 6.10. The van der Waals surface area contributed by atoms with Gasteiger partial charge in [0.25, 0.3) is 0 Å². The summed E-state index contributed by atoms with van der Waals surface area (Å²) in [6, 6.07) is 5.63. The summed E-state index contributed by atoms with van der Waals surface area (Å²) in [7, 11) is 0. The fraction of sp³-hybridized carbons (Fsp3) is 0.143. The number of rotatable bonds is 2. The molecule has 7 heteroatoms. The highest BCUT2D eigenvalue weighted by Gasteiger charge is 2.31. The van der Waals surface area contributed by atoms with Gasteiger partial charge in [-0.05, 0) is 24.3 Å². The molecule has 0 spiro atoms. The average molecular weight is 293 g/mol. The quantitative estimate of drug-likeness (QED) is 0.790. The van der Waals surface area contributed by atoms with E-state index in [0.717, 1.165) is 12.3 Å². The molecule has 0 aliphatic heterocycles. The van der Waals surface area contributed by atoms with Crippen LogP contribution < -0.4 is 0 Å². The number of hydrogen-bond acceptors (Lipinski definition) is 3. The Morgan fingerprint density at radius 1 is 1.10 bits per heavy atom. The molecule has 0 radical (unpaired) electrons. The minimum absolute atomic E-state index is 0.308. The van der Waals surface area contributed by atoms with Crippen LogP contribution in [0.4, 0.5) is 13.2 Å². The molecule has 0 unspecified atom stereocenters. The van der Waals surface area contributed by atoms with Crippen molar-refractivity contribution in [1.82, 2.24) is 14.4 Å². The Balaban J connectivity index is 2.24. The number of aliphatic hydroxyl groups excluding tert-OH is 1. The fourth-order valence-corrected chi connectivity index (χ4v) is 2.15. The molecule has 0 atom stereocenters. The third kappa shape index (κ3) is 2.36. The van der Waals surface area contributed by atoms with E-state index in [9.17, 15) is 18.3 Å². The fourth-order valence-electron chi connectivity index (χ4n) is 2.15. The second-order valence-corrected chi connectivity index (χ2v) is 4.44. The zero-order valence-electron chi connectivity index (χ0n) is 10.7. The number of aromatic nitrogens is 3. The summed E-state index contributed by atoms with van der Waals surface area (Å²) in [6.07, 6.45) is -0.385. The first kappa shape index (κ1) is 13.6. The lowest BCUT2D eigenvalue weighted by atomic mass is 10.1. The molecule has 0 saturated carbocycles. The van der Waals surface area contributed by atoms with Crippen LogP contribution in [0.25, 0.3) is 16.9 Å². The van der Waals surface area contributed by atoms with Crippen molar-refractivity contribution in [2.75, 3.05) is 0 Å². The zero-order valence-corrected chi connectivity index (χ0v) is 10.7. The van der Waals surface area contributed by atoms with E-state index in [1.807, 2.05) is 0 Å². The summed E-state index contributed by atoms with van der Waals surface area (Å²) in [4.78, 5) is 8.17. The van der Waals surface area contributed by atoms with E-state index in [4.69, 9.17) is 0 Å². The molecule has 21 heavy (non-hydrogen) atoms. The molecule has 0 aliphatic carbocycles. The number of halogens is 3. The van der Waals surface area contributed by atoms with Gasteiger partial charge in [-0.15, -0.1) is 0 Å². The summed E-state index contributed by atoms with van der Waals surface area (Å²) in [5, 5.41) is 9.50. The topological polar surface area (TPSA) is 50.4 Å². The van der Waals surface area contributed by atoms with Crippen molar-refractivity contribution in [3.05, 3.63) is 54.1 Å². The lowest BCUT2D eigenvalue weighted by Gasteiger charge is -2.07. The largest absolute Gasteiger partial charge is 0.417 e. The van der Waals surface area contributed by atoms with Crippen LogP contribution in [-0.4, -0.2) is 19.5 Å². The Bertz CT molecular complexity index is 781. The van der Waals surface area contributed by atoms with Crippen molar-refractivity contribution in [1.29, 1.82) is 0 Å². The van der Waals surface area contributed by atoms with Gasteiger partial charge in [0.05, 0.1) is 23.6 Å². The van der Waals surface area contributed by atoms with Crippen LogP contribution in [0.3, 0.4) is 0 Å². The minimum Gasteiger partial charge on any atom is -0.390 e. The molecule has 108 valence electrons. The van der Waals surface area contributed by atoms with Gasteiger partial charge in [-0.2, -0.15) is 13.2 Å². The second kappa shape index (κ2) is 4.85. The highest BCUT2D eigenvalue weighted by molar-refractivity contribution is 5.66. The van der Waals surface area contributed by atoms with Crippen LogP contribution in [0.5, 0.6) is 0 Å². The van der Waals surface area contributed by atoms with E-state index in [1.54, 1.807) is 24.5 Å². The molecule has 4 nitrogen and oxygen atoms in total. The van der Waals surface area contributed by atoms with Crippen molar-refractivity contribution < 1.29 is 18.3 Å². The molecule has 1 N–H and O–H groups in total. The maximum absolute atomic E-state index is 12.8. The van der Waals surface area contributed by atoms with E-state index in [0.29, 0.717) is 22.6 Å². The first-order valence-electron chi connectivity index (χ1n) is 6.10. The molecular formula is C14H10F3N3O. The molecule has 0 aliphatic rings. The van der Waals surface area contributed by atoms with Gasteiger partial charge < -0.3 is 9.51 Å². The molecule has 0 aromatic carbocycles. The van der Waals surface area contributed by atoms with Crippen molar-refractivity contribution in [2.45, 2.75) is 12.8 Å². The highest BCUT2D eigenvalue weighted by atomic mass is 19.4. The maximum atomic E-state index is 12.8. The van der Waals surface area contributed by atoms with Crippen LogP contribution in [0.15, 0.2) is 42.9 Å². The second-order valence-electron chi connectivity index (χ2n) is 4.44. The molecule has 0 saturated heterocycles. The van der Waals surface area contributed by atoms with Gasteiger partial charge in [-0.25, -0.2) is 4.98 Å². The van der Waals surface area contributed by atoms with E-state index < -0.39 is 18.3 Å². The summed E-state index contributed by atoms with van der Waals surface area (Å²) >= 11 is 0. The monoisotopic (exact) mass is 293 g/mol. The molecule has 0 amide bonds. The molecule has 0 bridgehead atoms. The Hall–Kier alpha value is -2.41. The van der Waals surface area contributed by atoms with Gasteiger partial charge in [0.1, 0.15) is 5.65 Å². The lowest BCUT2D eigenvalue weighted by molar-refractivity contribution is -0.137.